The molecule has 0 bridgehead atoms. The minimum absolute atomic E-state index is 0.0426. The number of rotatable bonds is 4. The quantitative estimate of drug-likeness (QED) is 0.691. The lowest BCUT2D eigenvalue weighted by molar-refractivity contribution is -0.384. The summed E-state index contributed by atoms with van der Waals surface area (Å²) in [6.45, 7) is 4.01. The molecule has 1 amide bonds. The molecule has 0 unspecified atom stereocenters. The van der Waals surface area contributed by atoms with E-state index in [2.05, 4.69) is 5.32 Å². The van der Waals surface area contributed by atoms with Crippen molar-refractivity contribution in [3.05, 3.63) is 69.3 Å². The fourth-order valence-corrected chi connectivity index (χ4v) is 2.00. The van der Waals surface area contributed by atoms with Gasteiger partial charge in [-0.3, -0.25) is 14.9 Å². The number of hydrogen-bond acceptors (Lipinski definition) is 3. The predicted molar refractivity (Wildman–Crippen MR) is 81.3 cm³/mol. The van der Waals surface area contributed by atoms with Gasteiger partial charge in [0.25, 0.3) is 5.69 Å². The molecule has 5 nitrogen and oxygen atoms in total. The van der Waals surface area contributed by atoms with Crippen LogP contribution in [-0.2, 0) is 11.2 Å². The third kappa shape index (κ3) is 3.89. The summed E-state index contributed by atoms with van der Waals surface area (Å²) in [6.07, 6.45) is 0.240. The van der Waals surface area contributed by atoms with Gasteiger partial charge in [-0.25, -0.2) is 0 Å². The largest absolute Gasteiger partial charge is 0.326 e. The van der Waals surface area contributed by atoms with Crippen LogP contribution in [0, 0.1) is 24.0 Å². The van der Waals surface area contributed by atoms with E-state index in [-0.39, 0.29) is 18.0 Å². The Morgan fingerprint density at radius 2 is 1.90 bits per heavy atom. The average molecular weight is 284 g/mol. The Balaban J connectivity index is 2.06. The number of benzene rings is 2. The molecule has 0 saturated heterocycles. The number of hydrogen-bond donors (Lipinski definition) is 1. The van der Waals surface area contributed by atoms with Crippen molar-refractivity contribution in [1.29, 1.82) is 0 Å². The first kappa shape index (κ1) is 14.7. The Kier molecular flexibility index (Phi) is 4.33. The van der Waals surface area contributed by atoms with Crippen LogP contribution in [0.1, 0.15) is 16.7 Å². The van der Waals surface area contributed by atoms with Crippen LogP contribution < -0.4 is 5.32 Å². The standard InChI is InChI=1S/C16H16N2O3/c1-11-6-7-13(8-12(11)2)9-16(19)17-14-4-3-5-15(10-14)18(20)21/h3-8,10H,9H2,1-2H3,(H,17,19). The molecule has 1 N–H and O–H groups in total. The van der Waals surface area contributed by atoms with Crippen molar-refractivity contribution in [2.75, 3.05) is 5.32 Å². The van der Waals surface area contributed by atoms with Crippen LogP contribution in [0.4, 0.5) is 11.4 Å². The van der Waals surface area contributed by atoms with E-state index >= 15 is 0 Å². The minimum atomic E-state index is -0.487. The number of nitro benzene ring substituents is 1. The summed E-state index contributed by atoms with van der Waals surface area (Å²) in [5.74, 6) is -0.196. The van der Waals surface area contributed by atoms with Crippen molar-refractivity contribution in [3.63, 3.8) is 0 Å². The summed E-state index contributed by atoms with van der Waals surface area (Å²) in [6, 6.07) is 11.8. The molecule has 2 aromatic rings. The van der Waals surface area contributed by atoms with Crippen molar-refractivity contribution >= 4 is 17.3 Å². The molecule has 0 saturated carbocycles. The Bertz CT molecular complexity index is 696. The lowest BCUT2D eigenvalue weighted by Gasteiger charge is -2.07. The molecule has 2 rings (SSSR count). The maximum Gasteiger partial charge on any atom is 0.271 e. The van der Waals surface area contributed by atoms with Gasteiger partial charge >= 0.3 is 0 Å². The molecule has 0 spiro atoms. The van der Waals surface area contributed by atoms with E-state index < -0.39 is 4.92 Å². The van der Waals surface area contributed by atoms with Gasteiger partial charge in [-0.1, -0.05) is 24.3 Å². The predicted octanol–water partition coefficient (Wildman–Crippen LogP) is 3.39. The number of carbonyl (C=O) groups is 1. The highest BCUT2D eigenvalue weighted by atomic mass is 16.6. The zero-order chi connectivity index (χ0) is 15.4. The lowest BCUT2D eigenvalue weighted by atomic mass is 10.0. The second-order valence-corrected chi connectivity index (χ2v) is 4.95. The fraction of sp³-hybridized carbons (Fsp3) is 0.188. The van der Waals surface area contributed by atoms with Crippen molar-refractivity contribution < 1.29 is 9.72 Å². The van der Waals surface area contributed by atoms with E-state index in [0.717, 1.165) is 11.1 Å². The van der Waals surface area contributed by atoms with E-state index in [1.165, 1.54) is 17.7 Å². The first-order valence-corrected chi connectivity index (χ1v) is 6.56. The highest BCUT2D eigenvalue weighted by molar-refractivity contribution is 5.92. The molecule has 0 aromatic heterocycles. The number of carbonyl (C=O) groups excluding carboxylic acids is 1. The third-order valence-corrected chi connectivity index (χ3v) is 3.28. The summed E-state index contributed by atoms with van der Waals surface area (Å²) in [5, 5.41) is 13.4. The van der Waals surface area contributed by atoms with Crippen LogP contribution in [-0.4, -0.2) is 10.8 Å². The van der Waals surface area contributed by atoms with Gasteiger partial charge < -0.3 is 5.32 Å². The number of anilines is 1. The minimum Gasteiger partial charge on any atom is -0.326 e. The number of nitrogens with zero attached hydrogens (tertiary/aromatic N) is 1. The second-order valence-electron chi connectivity index (χ2n) is 4.95. The SMILES string of the molecule is Cc1ccc(CC(=O)Nc2cccc([N+](=O)[O-])c2)cc1C. The number of amides is 1. The molecule has 21 heavy (non-hydrogen) atoms. The zero-order valence-corrected chi connectivity index (χ0v) is 11.9. The molecule has 0 aliphatic heterocycles. The zero-order valence-electron chi connectivity index (χ0n) is 11.9. The highest BCUT2D eigenvalue weighted by Gasteiger charge is 2.09. The molecular weight excluding hydrogens is 268 g/mol. The van der Waals surface area contributed by atoms with Gasteiger partial charge in [-0.2, -0.15) is 0 Å². The monoisotopic (exact) mass is 284 g/mol. The van der Waals surface area contributed by atoms with Gasteiger partial charge in [0, 0.05) is 17.8 Å². The molecule has 0 heterocycles. The maximum absolute atomic E-state index is 12.0. The van der Waals surface area contributed by atoms with Gasteiger partial charge in [0.1, 0.15) is 0 Å². The summed E-state index contributed by atoms with van der Waals surface area (Å²) >= 11 is 0. The molecular formula is C16H16N2O3. The van der Waals surface area contributed by atoms with Crippen molar-refractivity contribution in [3.8, 4) is 0 Å². The molecule has 0 aliphatic rings. The van der Waals surface area contributed by atoms with E-state index in [0.29, 0.717) is 5.69 Å². The van der Waals surface area contributed by atoms with Gasteiger partial charge in [-0.05, 0) is 36.6 Å². The van der Waals surface area contributed by atoms with E-state index in [4.69, 9.17) is 0 Å². The first-order valence-electron chi connectivity index (χ1n) is 6.56. The topological polar surface area (TPSA) is 72.2 Å². The Hall–Kier alpha value is -2.69. The first-order chi connectivity index (χ1) is 9.95. The summed E-state index contributed by atoms with van der Waals surface area (Å²) in [4.78, 5) is 22.2. The van der Waals surface area contributed by atoms with Gasteiger partial charge in [0.05, 0.1) is 11.3 Å². The molecule has 0 atom stereocenters. The smallest absolute Gasteiger partial charge is 0.271 e. The molecule has 5 heteroatoms. The normalized spacial score (nSPS) is 10.2. The molecule has 0 fully saturated rings. The highest BCUT2D eigenvalue weighted by Crippen LogP contribution is 2.17. The van der Waals surface area contributed by atoms with Crippen LogP contribution in [0.25, 0.3) is 0 Å². The lowest BCUT2D eigenvalue weighted by Crippen LogP contribution is -2.14. The number of nitro groups is 1. The van der Waals surface area contributed by atoms with Crippen LogP contribution in [0.15, 0.2) is 42.5 Å². The molecule has 2 aromatic carbocycles. The molecule has 108 valence electrons. The summed E-state index contributed by atoms with van der Waals surface area (Å²) < 4.78 is 0. The van der Waals surface area contributed by atoms with E-state index in [1.807, 2.05) is 32.0 Å². The Morgan fingerprint density at radius 3 is 2.57 bits per heavy atom. The Labute approximate surface area is 122 Å². The van der Waals surface area contributed by atoms with Crippen molar-refractivity contribution in [2.45, 2.75) is 20.3 Å². The Morgan fingerprint density at radius 1 is 1.14 bits per heavy atom. The van der Waals surface area contributed by atoms with Crippen molar-refractivity contribution in [1.82, 2.24) is 0 Å². The van der Waals surface area contributed by atoms with E-state index in [1.54, 1.807) is 12.1 Å². The second kappa shape index (κ2) is 6.17. The number of nitrogens with one attached hydrogen (secondary N) is 1. The van der Waals surface area contributed by atoms with Crippen LogP contribution >= 0.6 is 0 Å². The van der Waals surface area contributed by atoms with E-state index in [9.17, 15) is 14.9 Å². The fourth-order valence-electron chi connectivity index (χ4n) is 2.00. The molecule has 0 aliphatic carbocycles. The van der Waals surface area contributed by atoms with Gasteiger partial charge in [0.15, 0.2) is 0 Å². The maximum atomic E-state index is 12.0. The van der Waals surface area contributed by atoms with Crippen LogP contribution in [0.2, 0.25) is 0 Å². The third-order valence-electron chi connectivity index (χ3n) is 3.28. The summed E-state index contributed by atoms with van der Waals surface area (Å²) in [7, 11) is 0. The van der Waals surface area contributed by atoms with Crippen molar-refractivity contribution in [2.24, 2.45) is 0 Å². The van der Waals surface area contributed by atoms with Crippen LogP contribution in [0.5, 0.6) is 0 Å². The van der Waals surface area contributed by atoms with Crippen LogP contribution in [0.3, 0.4) is 0 Å². The average Bonchev–Trinajstić information content (AvgIpc) is 2.43. The summed E-state index contributed by atoms with van der Waals surface area (Å²) in [5.41, 5.74) is 3.62. The molecule has 0 radical (unpaired) electrons. The number of non-ortho nitro benzene ring substituents is 1. The van der Waals surface area contributed by atoms with Gasteiger partial charge in [-0.15, -0.1) is 0 Å². The number of aryl methyl sites for hydroxylation is 2. The van der Waals surface area contributed by atoms with Gasteiger partial charge in [0.2, 0.25) is 5.91 Å².